The molecule has 1 aliphatic heterocycles. The number of nitrogens with zero attached hydrogens (tertiary/aromatic N) is 1. The Hall–Kier alpha value is -2.25. The van der Waals surface area contributed by atoms with Crippen molar-refractivity contribution >= 4 is 17.0 Å². The highest BCUT2D eigenvalue weighted by Gasteiger charge is 2.43. The number of hydrogen-bond acceptors (Lipinski definition) is 3. The second-order valence-electron chi connectivity index (χ2n) is 4.61. The highest BCUT2D eigenvalue weighted by molar-refractivity contribution is 5.82. The fourth-order valence-electron chi connectivity index (χ4n) is 2.36. The van der Waals surface area contributed by atoms with Gasteiger partial charge < -0.3 is 9.32 Å². The number of oxazole rings is 1. The van der Waals surface area contributed by atoms with Gasteiger partial charge in [0.25, 0.3) is 0 Å². The summed E-state index contributed by atoms with van der Waals surface area (Å²) in [5.41, 5.74) is 2.14. The van der Waals surface area contributed by atoms with E-state index in [2.05, 4.69) is 4.98 Å². The maximum absolute atomic E-state index is 12.4. The maximum atomic E-state index is 12.4. The highest BCUT2D eigenvalue weighted by Crippen LogP contribution is 2.27. The Labute approximate surface area is 110 Å². The average Bonchev–Trinajstić information content (AvgIpc) is 2.72. The molecule has 0 saturated carbocycles. The number of rotatable bonds is 0. The summed E-state index contributed by atoms with van der Waals surface area (Å²) in [7, 11) is 0. The molecule has 0 fully saturated rings. The molecule has 0 spiro atoms. The van der Waals surface area contributed by atoms with Crippen LogP contribution in [0.4, 0.5) is 13.2 Å². The third kappa shape index (κ3) is 2.06. The molecule has 1 aromatic heterocycles. The summed E-state index contributed by atoms with van der Waals surface area (Å²) < 4.78 is 42.1. The normalized spacial score (nSPS) is 15.4. The second kappa shape index (κ2) is 4.12. The summed E-state index contributed by atoms with van der Waals surface area (Å²) in [6.45, 7) is -0.141. The van der Waals surface area contributed by atoms with Crippen molar-refractivity contribution in [2.75, 3.05) is 6.54 Å². The highest BCUT2D eigenvalue weighted by atomic mass is 19.4. The number of H-pyrrole nitrogens is 1. The maximum Gasteiger partial charge on any atom is 0.471 e. The molecule has 20 heavy (non-hydrogen) atoms. The summed E-state index contributed by atoms with van der Waals surface area (Å²) in [5, 5.41) is 0. The molecule has 106 valence electrons. The number of alkyl halides is 3. The quantitative estimate of drug-likeness (QED) is 0.799. The van der Waals surface area contributed by atoms with Gasteiger partial charge in [-0.1, -0.05) is 0 Å². The Morgan fingerprint density at radius 2 is 2.05 bits per heavy atom. The second-order valence-corrected chi connectivity index (χ2v) is 4.61. The summed E-state index contributed by atoms with van der Waals surface area (Å²) in [6.07, 6.45) is -4.57. The van der Waals surface area contributed by atoms with E-state index in [9.17, 15) is 22.8 Å². The van der Waals surface area contributed by atoms with E-state index in [0.29, 0.717) is 17.5 Å². The lowest BCUT2D eigenvalue weighted by molar-refractivity contribution is -0.186. The molecular weight excluding hydrogens is 277 g/mol. The van der Waals surface area contributed by atoms with Crippen LogP contribution in [0.5, 0.6) is 0 Å². The van der Waals surface area contributed by atoms with E-state index in [1.54, 1.807) is 6.07 Å². The molecule has 1 aromatic carbocycles. The Bertz CT molecular complexity index is 744. The van der Waals surface area contributed by atoms with Crippen molar-refractivity contribution in [3.63, 3.8) is 0 Å². The van der Waals surface area contributed by atoms with Crippen molar-refractivity contribution < 1.29 is 22.4 Å². The SMILES string of the molecule is O=C(N1CCc2cc3[nH]c(=O)oc3cc2C1)C(F)(F)F. The third-order valence-corrected chi connectivity index (χ3v) is 3.28. The molecule has 0 unspecified atom stereocenters. The van der Waals surface area contributed by atoms with Crippen molar-refractivity contribution in [1.82, 2.24) is 9.88 Å². The Kier molecular flexibility index (Phi) is 2.63. The van der Waals surface area contributed by atoms with Crippen LogP contribution in [0, 0.1) is 0 Å². The number of fused-ring (bicyclic) bond motifs is 2. The number of benzene rings is 1. The van der Waals surface area contributed by atoms with E-state index in [4.69, 9.17) is 4.42 Å². The van der Waals surface area contributed by atoms with Crippen LogP contribution < -0.4 is 5.76 Å². The van der Waals surface area contributed by atoms with Gasteiger partial charge in [0.05, 0.1) is 5.52 Å². The van der Waals surface area contributed by atoms with E-state index in [0.717, 1.165) is 10.5 Å². The average molecular weight is 286 g/mol. The number of carbonyl (C=O) groups is 1. The van der Waals surface area contributed by atoms with Gasteiger partial charge in [-0.3, -0.25) is 9.78 Å². The Morgan fingerprint density at radius 1 is 1.30 bits per heavy atom. The molecule has 8 heteroatoms. The summed E-state index contributed by atoms with van der Waals surface area (Å²) in [5.74, 6) is -2.47. The summed E-state index contributed by atoms with van der Waals surface area (Å²) >= 11 is 0. The topological polar surface area (TPSA) is 66.3 Å². The van der Waals surface area contributed by atoms with Crippen molar-refractivity contribution in [3.8, 4) is 0 Å². The molecule has 1 aliphatic rings. The molecular formula is C12H9F3N2O3. The van der Waals surface area contributed by atoms with Gasteiger partial charge >= 0.3 is 17.8 Å². The van der Waals surface area contributed by atoms with Gasteiger partial charge in [-0.15, -0.1) is 0 Å². The van der Waals surface area contributed by atoms with Crippen LogP contribution in [0.25, 0.3) is 11.1 Å². The van der Waals surface area contributed by atoms with Crippen LogP contribution in [0.1, 0.15) is 11.1 Å². The van der Waals surface area contributed by atoms with E-state index in [1.807, 2.05) is 0 Å². The van der Waals surface area contributed by atoms with E-state index < -0.39 is 17.8 Å². The molecule has 0 atom stereocenters. The minimum atomic E-state index is -4.87. The zero-order valence-electron chi connectivity index (χ0n) is 10.1. The molecule has 0 radical (unpaired) electrons. The van der Waals surface area contributed by atoms with Crippen LogP contribution >= 0.6 is 0 Å². The fraction of sp³-hybridized carbons (Fsp3) is 0.333. The van der Waals surface area contributed by atoms with Gasteiger partial charge in [0.15, 0.2) is 5.58 Å². The third-order valence-electron chi connectivity index (χ3n) is 3.28. The van der Waals surface area contributed by atoms with E-state index in [1.165, 1.54) is 6.07 Å². The largest absolute Gasteiger partial charge is 0.471 e. The first-order valence-electron chi connectivity index (χ1n) is 5.85. The van der Waals surface area contributed by atoms with Gasteiger partial charge in [-0.25, -0.2) is 4.79 Å². The number of halogens is 3. The predicted octanol–water partition coefficient (Wildman–Crippen LogP) is 1.57. The standard InChI is InChI=1S/C12H9F3N2O3/c13-12(14,15)10(18)17-2-1-6-3-8-9(4-7(6)5-17)20-11(19)16-8/h3-4H,1-2,5H2,(H,16,19). The molecule has 1 N–H and O–H groups in total. The van der Waals surface area contributed by atoms with Crippen LogP contribution in [0.2, 0.25) is 0 Å². The molecule has 0 saturated heterocycles. The minimum absolute atomic E-state index is 0.00106. The first kappa shape index (κ1) is 12.8. The smallest absolute Gasteiger partial charge is 0.408 e. The molecule has 0 aliphatic carbocycles. The van der Waals surface area contributed by atoms with E-state index in [-0.39, 0.29) is 18.7 Å². The first-order chi connectivity index (χ1) is 9.34. The minimum Gasteiger partial charge on any atom is -0.408 e. The van der Waals surface area contributed by atoms with Crippen molar-refractivity contribution in [1.29, 1.82) is 0 Å². The van der Waals surface area contributed by atoms with E-state index >= 15 is 0 Å². The van der Waals surface area contributed by atoms with Gasteiger partial charge in [-0.2, -0.15) is 13.2 Å². The lowest BCUT2D eigenvalue weighted by Crippen LogP contribution is -2.43. The Morgan fingerprint density at radius 3 is 2.75 bits per heavy atom. The molecule has 3 rings (SSSR count). The van der Waals surface area contributed by atoms with Gasteiger partial charge in [0, 0.05) is 13.1 Å². The molecule has 2 aromatic rings. The first-order valence-corrected chi connectivity index (χ1v) is 5.85. The van der Waals surface area contributed by atoms with Gasteiger partial charge in [-0.05, 0) is 29.7 Å². The van der Waals surface area contributed by atoms with Gasteiger partial charge in [0.2, 0.25) is 0 Å². The van der Waals surface area contributed by atoms with Gasteiger partial charge in [0.1, 0.15) is 0 Å². The van der Waals surface area contributed by atoms with Crippen molar-refractivity contribution in [2.24, 2.45) is 0 Å². The number of hydrogen-bond donors (Lipinski definition) is 1. The number of carbonyl (C=O) groups excluding carboxylic acids is 1. The van der Waals surface area contributed by atoms with Crippen LogP contribution in [0.3, 0.4) is 0 Å². The van der Waals surface area contributed by atoms with Crippen molar-refractivity contribution in [3.05, 3.63) is 33.8 Å². The Balaban J connectivity index is 1.96. The fourth-order valence-corrected chi connectivity index (χ4v) is 2.36. The zero-order chi connectivity index (χ0) is 14.5. The number of aromatic nitrogens is 1. The summed E-state index contributed by atoms with van der Waals surface area (Å²) in [6, 6.07) is 3.17. The van der Waals surface area contributed by atoms with Crippen LogP contribution in [-0.2, 0) is 17.8 Å². The van der Waals surface area contributed by atoms with Crippen molar-refractivity contribution in [2.45, 2.75) is 19.1 Å². The molecule has 5 nitrogen and oxygen atoms in total. The molecule has 0 bridgehead atoms. The lowest BCUT2D eigenvalue weighted by Gasteiger charge is -2.29. The molecule has 1 amide bonds. The predicted molar refractivity (Wildman–Crippen MR) is 62.0 cm³/mol. The van der Waals surface area contributed by atoms with Crippen LogP contribution in [-0.4, -0.2) is 28.5 Å². The lowest BCUT2D eigenvalue weighted by atomic mass is 9.99. The number of nitrogens with one attached hydrogen (secondary N) is 1. The zero-order valence-corrected chi connectivity index (χ0v) is 10.1. The monoisotopic (exact) mass is 286 g/mol. The number of amides is 1. The summed E-state index contributed by atoms with van der Waals surface area (Å²) in [4.78, 5) is 25.5. The van der Waals surface area contributed by atoms with Crippen LogP contribution in [0.15, 0.2) is 21.3 Å². The molecule has 2 heterocycles. The number of aromatic amines is 1.